The molecular formula is C12H19F. The summed E-state index contributed by atoms with van der Waals surface area (Å²) >= 11 is 0. The molecule has 0 fully saturated rings. The van der Waals surface area contributed by atoms with Gasteiger partial charge < -0.3 is 0 Å². The average molecular weight is 182 g/mol. The number of rotatable bonds is 0. The van der Waals surface area contributed by atoms with E-state index in [0.717, 1.165) is 5.56 Å². The Morgan fingerprint density at radius 3 is 2.08 bits per heavy atom. The predicted octanol–water partition coefficient (Wildman–Crippen LogP) is 4.07. The zero-order valence-electron chi connectivity index (χ0n) is 8.11. The van der Waals surface area contributed by atoms with Crippen LogP contribution in [0.2, 0.25) is 0 Å². The van der Waals surface area contributed by atoms with Gasteiger partial charge in [-0.05, 0) is 29.5 Å². The molecule has 0 aromatic heterocycles. The summed E-state index contributed by atoms with van der Waals surface area (Å²) in [4.78, 5) is 0. The maximum Gasteiger partial charge on any atom is 0.126 e. The molecule has 74 valence electrons. The van der Waals surface area contributed by atoms with Crippen LogP contribution < -0.4 is 0 Å². The van der Waals surface area contributed by atoms with Crippen LogP contribution in [0.5, 0.6) is 0 Å². The normalized spacial score (nSPS) is 10.8. The van der Waals surface area contributed by atoms with E-state index >= 15 is 0 Å². The molecule has 0 aliphatic rings. The summed E-state index contributed by atoms with van der Waals surface area (Å²) in [6.45, 7) is 8.02. The number of aryl methyl sites for hydroxylation is 1. The molecule has 0 spiro atoms. The fourth-order valence-corrected chi connectivity index (χ4v) is 1.06. The SMILES string of the molecule is C.Cc1ccc(C(C)(C)C)cc1F. The average Bonchev–Trinajstić information content (AvgIpc) is 1.92. The Morgan fingerprint density at radius 1 is 1.15 bits per heavy atom. The van der Waals surface area contributed by atoms with Crippen LogP contribution in [0.4, 0.5) is 4.39 Å². The summed E-state index contributed by atoms with van der Waals surface area (Å²) in [5.41, 5.74) is 1.79. The minimum atomic E-state index is -0.109. The van der Waals surface area contributed by atoms with E-state index in [1.165, 1.54) is 0 Å². The van der Waals surface area contributed by atoms with Crippen molar-refractivity contribution in [2.24, 2.45) is 0 Å². The van der Waals surface area contributed by atoms with E-state index in [1.54, 1.807) is 13.0 Å². The number of halogens is 1. The van der Waals surface area contributed by atoms with E-state index in [9.17, 15) is 4.39 Å². The predicted molar refractivity (Wildman–Crippen MR) is 56.6 cm³/mol. The second kappa shape index (κ2) is 3.91. The number of hydrogen-bond acceptors (Lipinski definition) is 0. The lowest BCUT2D eigenvalue weighted by Gasteiger charge is -2.19. The molecule has 0 heterocycles. The quantitative estimate of drug-likeness (QED) is 0.567. The maximum atomic E-state index is 13.1. The van der Waals surface area contributed by atoms with Crippen LogP contribution in [-0.2, 0) is 5.41 Å². The number of hydrogen-bond donors (Lipinski definition) is 0. The molecule has 13 heavy (non-hydrogen) atoms. The second-order valence-electron chi connectivity index (χ2n) is 4.21. The van der Waals surface area contributed by atoms with Crippen LogP contribution >= 0.6 is 0 Å². The van der Waals surface area contributed by atoms with Crippen molar-refractivity contribution in [1.29, 1.82) is 0 Å². The van der Waals surface area contributed by atoms with Crippen LogP contribution in [0.1, 0.15) is 39.3 Å². The van der Waals surface area contributed by atoms with Gasteiger partial charge in [0.05, 0.1) is 0 Å². The lowest BCUT2D eigenvalue weighted by atomic mass is 9.86. The first kappa shape index (κ1) is 12.2. The van der Waals surface area contributed by atoms with Crippen molar-refractivity contribution in [3.05, 3.63) is 35.1 Å². The Bertz CT molecular complexity index is 282. The van der Waals surface area contributed by atoms with Crippen LogP contribution in [0.15, 0.2) is 18.2 Å². The molecule has 1 rings (SSSR count). The van der Waals surface area contributed by atoms with E-state index < -0.39 is 0 Å². The van der Waals surface area contributed by atoms with E-state index in [-0.39, 0.29) is 18.7 Å². The topological polar surface area (TPSA) is 0 Å². The molecule has 1 heteroatoms. The standard InChI is InChI=1S/C11H15F.CH4/c1-8-5-6-9(7-10(8)12)11(2,3)4;/h5-7H,1-4H3;1H4. The molecule has 0 amide bonds. The Labute approximate surface area is 80.8 Å². The highest BCUT2D eigenvalue weighted by atomic mass is 19.1. The minimum Gasteiger partial charge on any atom is -0.207 e. The Morgan fingerprint density at radius 2 is 1.69 bits per heavy atom. The molecule has 0 N–H and O–H groups in total. The van der Waals surface area contributed by atoms with Crippen molar-refractivity contribution in [3.63, 3.8) is 0 Å². The van der Waals surface area contributed by atoms with E-state index in [0.29, 0.717) is 5.56 Å². The molecule has 0 unspecified atom stereocenters. The van der Waals surface area contributed by atoms with Gasteiger partial charge in [0.1, 0.15) is 5.82 Å². The summed E-state index contributed by atoms with van der Waals surface area (Å²) in [5.74, 6) is -0.109. The van der Waals surface area contributed by atoms with E-state index in [1.807, 2.05) is 12.1 Å². The highest BCUT2D eigenvalue weighted by molar-refractivity contribution is 5.28. The van der Waals surface area contributed by atoms with Crippen LogP contribution in [0, 0.1) is 12.7 Å². The highest BCUT2D eigenvalue weighted by Crippen LogP contribution is 2.23. The zero-order valence-corrected chi connectivity index (χ0v) is 8.11. The van der Waals surface area contributed by atoms with Gasteiger partial charge in [0.25, 0.3) is 0 Å². The zero-order chi connectivity index (χ0) is 9.35. The molecule has 0 saturated heterocycles. The molecule has 0 radical (unpaired) electrons. The molecule has 0 nitrogen and oxygen atoms in total. The van der Waals surface area contributed by atoms with Gasteiger partial charge in [0, 0.05) is 0 Å². The van der Waals surface area contributed by atoms with Crippen molar-refractivity contribution < 1.29 is 4.39 Å². The smallest absolute Gasteiger partial charge is 0.126 e. The Kier molecular flexibility index (Phi) is 3.65. The van der Waals surface area contributed by atoms with Gasteiger partial charge >= 0.3 is 0 Å². The molecule has 1 aromatic carbocycles. The lowest BCUT2D eigenvalue weighted by molar-refractivity contribution is 0.569. The summed E-state index contributed by atoms with van der Waals surface area (Å²) < 4.78 is 13.1. The first-order valence-electron chi connectivity index (χ1n) is 4.18. The number of benzene rings is 1. The summed E-state index contributed by atoms with van der Waals surface area (Å²) in [5, 5.41) is 0. The second-order valence-corrected chi connectivity index (χ2v) is 4.21. The maximum absolute atomic E-state index is 13.1. The van der Waals surface area contributed by atoms with Gasteiger partial charge in [0.2, 0.25) is 0 Å². The summed E-state index contributed by atoms with van der Waals surface area (Å²) in [6.07, 6.45) is 0. The fourth-order valence-electron chi connectivity index (χ4n) is 1.06. The highest BCUT2D eigenvalue weighted by Gasteiger charge is 2.14. The molecule has 0 aliphatic carbocycles. The largest absolute Gasteiger partial charge is 0.207 e. The molecule has 0 saturated carbocycles. The van der Waals surface area contributed by atoms with Crippen molar-refractivity contribution in [1.82, 2.24) is 0 Å². The first-order valence-corrected chi connectivity index (χ1v) is 4.18. The third kappa shape index (κ3) is 2.83. The van der Waals surface area contributed by atoms with Gasteiger partial charge in [0.15, 0.2) is 0 Å². The van der Waals surface area contributed by atoms with E-state index in [4.69, 9.17) is 0 Å². The summed E-state index contributed by atoms with van der Waals surface area (Å²) in [7, 11) is 0. The first-order chi connectivity index (χ1) is 5.41. The molecule has 1 aromatic rings. The summed E-state index contributed by atoms with van der Waals surface area (Å²) in [6, 6.07) is 5.43. The Hall–Kier alpha value is -0.850. The van der Waals surface area contributed by atoms with Crippen molar-refractivity contribution >= 4 is 0 Å². The lowest BCUT2D eigenvalue weighted by Crippen LogP contribution is -2.11. The molecule has 0 bridgehead atoms. The van der Waals surface area contributed by atoms with Crippen LogP contribution in [-0.4, -0.2) is 0 Å². The molecule has 0 atom stereocenters. The third-order valence-corrected chi connectivity index (χ3v) is 2.04. The monoisotopic (exact) mass is 182 g/mol. The van der Waals surface area contributed by atoms with Crippen molar-refractivity contribution in [2.45, 2.75) is 40.5 Å². The Balaban J connectivity index is 0.00000144. The third-order valence-electron chi connectivity index (χ3n) is 2.04. The van der Waals surface area contributed by atoms with Gasteiger partial charge in [-0.1, -0.05) is 40.3 Å². The fraction of sp³-hybridized carbons (Fsp3) is 0.500. The molecule has 0 aliphatic heterocycles. The van der Waals surface area contributed by atoms with Gasteiger partial charge in [-0.25, -0.2) is 4.39 Å². The van der Waals surface area contributed by atoms with Gasteiger partial charge in [-0.2, -0.15) is 0 Å². The van der Waals surface area contributed by atoms with Crippen LogP contribution in [0.3, 0.4) is 0 Å². The van der Waals surface area contributed by atoms with Crippen molar-refractivity contribution in [2.75, 3.05) is 0 Å². The molecular weight excluding hydrogens is 163 g/mol. The minimum absolute atomic E-state index is 0. The van der Waals surface area contributed by atoms with Crippen LogP contribution in [0.25, 0.3) is 0 Å². The van der Waals surface area contributed by atoms with E-state index in [2.05, 4.69) is 20.8 Å². The van der Waals surface area contributed by atoms with Gasteiger partial charge in [-0.15, -0.1) is 0 Å². The van der Waals surface area contributed by atoms with Crippen molar-refractivity contribution in [3.8, 4) is 0 Å². The van der Waals surface area contributed by atoms with Gasteiger partial charge in [-0.3, -0.25) is 0 Å².